The van der Waals surface area contributed by atoms with Gasteiger partial charge in [0.1, 0.15) is 42.4 Å². The van der Waals surface area contributed by atoms with Crippen LogP contribution < -0.4 is 0 Å². The van der Waals surface area contributed by atoms with Crippen LogP contribution in [0.5, 0.6) is 0 Å². The van der Waals surface area contributed by atoms with E-state index in [1.807, 2.05) is 0 Å². The lowest BCUT2D eigenvalue weighted by Crippen LogP contribution is -2.34. The van der Waals surface area contributed by atoms with E-state index in [2.05, 4.69) is 0 Å². The molecule has 180 valence electrons. The number of esters is 2. The molecule has 4 saturated heterocycles. The van der Waals surface area contributed by atoms with Crippen LogP contribution in [0.15, 0.2) is 0 Å². The summed E-state index contributed by atoms with van der Waals surface area (Å²) in [6.07, 6.45) is -4.00. The molecular formula is C21H30O11. The fourth-order valence-electron chi connectivity index (χ4n) is 4.68. The van der Waals surface area contributed by atoms with E-state index in [1.165, 1.54) is 6.92 Å². The summed E-state index contributed by atoms with van der Waals surface area (Å²) in [4.78, 5) is 36.5. The van der Waals surface area contributed by atoms with Crippen molar-refractivity contribution in [3.05, 3.63) is 0 Å². The lowest BCUT2D eigenvalue weighted by Gasteiger charge is -2.19. The normalized spacial score (nSPS) is 38.0. The van der Waals surface area contributed by atoms with E-state index in [9.17, 15) is 24.6 Å². The van der Waals surface area contributed by atoms with Gasteiger partial charge >= 0.3 is 11.9 Å². The first kappa shape index (κ1) is 23.5. The summed E-state index contributed by atoms with van der Waals surface area (Å²) in [5.74, 6) is -1.57. The molecule has 0 unspecified atom stereocenters. The Bertz CT molecular complexity index is 660. The third-order valence-corrected chi connectivity index (χ3v) is 6.50. The number of ketones is 1. The SMILES string of the molecule is CC(=O)C(CCC(=O)O[C@@H]1CO[C@H]2[C@@H]1OC[C@@H]2O)CCC(=O)O[C@@H]1CO[C@H]2[C@@H]1OC[C@@H]2O. The van der Waals surface area contributed by atoms with Crippen molar-refractivity contribution in [2.24, 2.45) is 5.92 Å². The maximum absolute atomic E-state index is 12.2. The molecule has 0 aromatic carbocycles. The molecule has 0 aromatic heterocycles. The van der Waals surface area contributed by atoms with Gasteiger partial charge in [-0.1, -0.05) is 0 Å². The van der Waals surface area contributed by atoms with Crippen LogP contribution in [0.25, 0.3) is 0 Å². The number of aliphatic hydroxyl groups is 2. The second-order valence-electron chi connectivity index (χ2n) is 8.77. The fourth-order valence-corrected chi connectivity index (χ4v) is 4.68. The zero-order valence-electron chi connectivity index (χ0n) is 17.9. The zero-order chi connectivity index (χ0) is 22.8. The van der Waals surface area contributed by atoms with Gasteiger partial charge < -0.3 is 38.6 Å². The average molecular weight is 458 g/mol. The monoisotopic (exact) mass is 458 g/mol. The molecule has 11 nitrogen and oxygen atoms in total. The number of hydrogen-bond acceptors (Lipinski definition) is 11. The number of rotatable bonds is 9. The molecule has 0 aliphatic carbocycles. The van der Waals surface area contributed by atoms with Crippen LogP contribution in [-0.4, -0.2) is 103 Å². The van der Waals surface area contributed by atoms with Crippen LogP contribution >= 0.6 is 0 Å². The van der Waals surface area contributed by atoms with Crippen LogP contribution in [0, 0.1) is 5.92 Å². The minimum Gasteiger partial charge on any atom is -0.457 e. The Kier molecular flexibility index (Phi) is 7.43. The quantitative estimate of drug-likeness (QED) is 0.406. The maximum Gasteiger partial charge on any atom is 0.306 e. The average Bonchev–Trinajstić information content (AvgIpc) is 3.49. The Hall–Kier alpha value is -1.63. The predicted octanol–water partition coefficient (Wildman–Crippen LogP) is -1.11. The lowest BCUT2D eigenvalue weighted by molar-refractivity contribution is -0.154. The summed E-state index contributed by atoms with van der Waals surface area (Å²) < 4.78 is 32.5. The number of ether oxygens (including phenoxy) is 6. The second kappa shape index (κ2) is 10.1. The van der Waals surface area contributed by atoms with Gasteiger partial charge in [-0.3, -0.25) is 14.4 Å². The Labute approximate surface area is 185 Å². The Morgan fingerprint density at radius 1 is 0.750 bits per heavy atom. The molecule has 0 saturated carbocycles. The molecule has 0 spiro atoms. The number of carbonyl (C=O) groups is 3. The van der Waals surface area contributed by atoms with Crippen molar-refractivity contribution in [2.75, 3.05) is 26.4 Å². The van der Waals surface area contributed by atoms with E-state index in [4.69, 9.17) is 28.4 Å². The van der Waals surface area contributed by atoms with Gasteiger partial charge in [0.15, 0.2) is 12.2 Å². The molecule has 4 fully saturated rings. The third-order valence-electron chi connectivity index (χ3n) is 6.50. The summed E-state index contributed by atoms with van der Waals surface area (Å²) in [6.45, 7) is 2.04. The first-order valence-electron chi connectivity index (χ1n) is 11.1. The third kappa shape index (κ3) is 5.13. The summed E-state index contributed by atoms with van der Waals surface area (Å²) in [5.41, 5.74) is 0. The van der Waals surface area contributed by atoms with Gasteiger partial charge in [-0.05, 0) is 19.8 Å². The molecule has 0 radical (unpaired) electrons. The van der Waals surface area contributed by atoms with Gasteiger partial charge in [-0.15, -0.1) is 0 Å². The Morgan fingerprint density at radius 3 is 1.56 bits per heavy atom. The van der Waals surface area contributed by atoms with Crippen LogP contribution in [-0.2, 0) is 42.8 Å². The molecular weight excluding hydrogens is 428 g/mol. The minimum absolute atomic E-state index is 0.0156. The van der Waals surface area contributed by atoms with Gasteiger partial charge in [0, 0.05) is 18.8 Å². The van der Waals surface area contributed by atoms with Crippen LogP contribution in [0.4, 0.5) is 0 Å². The number of fused-ring (bicyclic) bond motifs is 2. The highest BCUT2D eigenvalue weighted by Crippen LogP contribution is 2.30. The summed E-state index contributed by atoms with van der Waals surface area (Å²) >= 11 is 0. The van der Waals surface area contributed by atoms with Crippen molar-refractivity contribution >= 4 is 17.7 Å². The first-order chi connectivity index (χ1) is 15.3. The Balaban J connectivity index is 1.17. The smallest absolute Gasteiger partial charge is 0.306 e. The van der Waals surface area contributed by atoms with Crippen molar-refractivity contribution in [1.82, 2.24) is 0 Å². The minimum atomic E-state index is -0.725. The summed E-state index contributed by atoms with van der Waals surface area (Å²) in [7, 11) is 0. The summed E-state index contributed by atoms with van der Waals surface area (Å²) in [5, 5.41) is 19.5. The van der Waals surface area contributed by atoms with Gasteiger partial charge in [0.05, 0.1) is 26.4 Å². The molecule has 0 aromatic rings. The predicted molar refractivity (Wildman–Crippen MR) is 103 cm³/mol. The highest BCUT2D eigenvalue weighted by atomic mass is 16.6. The molecule has 11 heteroatoms. The Morgan fingerprint density at radius 2 is 1.16 bits per heavy atom. The highest BCUT2D eigenvalue weighted by molar-refractivity contribution is 5.80. The largest absolute Gasteiger partial charge is 0.457 e. The maximum atomic E-state index is 12.2. The van der Waals surface area contributed by atoms with Crippen LogP contribution in [0.1, 0.15) is 32.6 Å². The van der Waals surface area contributed by atoms with Crippen molar-refractivity contribution in [2.45, 2.75) is 81.4 Å². The van der Waals surface area contributed by atoms with E-state index in [1.54, 1.807) is 0 Å². The fraction of sp³-hybridized carbons (Fsp3) is 0.857. The van der Waals surface area contributed by atoms with E-state index in [-0.39, 0.29) is 57.9 Å². The molecule has 32 heavy (non-hydrogen) atoms. The van der Waals surface area contributed by atoms with Crippen molar-refractivity contribution < 1.29 is 53.0 Å². The van der Waals surface area contributed by atoms with Gasteiger partial charge in [-0.25, -0.2) is 0 Å². The van der Waals surface area contributed by atoms with Crippen molar-refractivity contribution in [3.8, 4) is 0 Å². The van der Waals surface area contributed by atoms with Crippen molar-refractivity contribution in [3.63, 3.8) is 0 Å². The number of hydrogen-bond donors (Lipinski definition) is 2. The van der Waals surface area contributed by atoms with E-state index >= 15 is 0 Å². The number of Topliss-reactive ketones (excluding diaryl/α,β-unsaturated/α-hetero) is 1. The zero-order valence-corrected chi connectivity index (χ0v) is 17.9. The molecule has 4 heterocycles. The van der Waals surface area contributed by atoms with Gasteiger partial charge in [0.25, 0.3) is 0 Å². The molecule has 2 N–H and O–H groups in total. The first-order valence-corrected chi connectivity index (χ1v) is 11.1. The standard InChI is InChI=1S/C21H30O11/c1-10(22)11(2-4-16(25)31-14-8-29-18-12(23)6-27-20(14)18)3-5-17(26)32-15-9-30-19-13(24)7-28-21(15)19/h11-15,18-21,23-24H,2-9H2,1H3/t12-,13-,14+,15+,18+,19+,20+,21+/m0/s1. The van der Waals surface area contributed by atoms with Crippen molar-refractivity contribution in [1.29, 1.82) is 0 Å². The highest BCUT2D eigenvalue weighted by Gasteiger charge is 2.50. The van der Waals surface area contributed by atoms with E-state index < -0.39 is 66.7 Å². The van der Waals surface area contributed by atoms with Crippen LogP contribution in [0.3, 0.4) is 0 Å². The topological polar surface area (TPSA) is 147 Å². The summed E-state index contributed by atoms with van der Waals surface area (Å²) in [6, 6.07) is 0. The molecule has 0 bridgehead atoms. The lowest BCUT2D eigenvalue weighted by atomic mass is 9.94. The van der Waals surface area contributed by atoms with E-state index in [0.717, 1.165) is 0 Å². The molecule has 8 atom stereocenters. The molecule has 0 amide bonds. The second-order valence-corrected chi connectivity index (χ2v) is 8.77. The number of carbonyl (C=O) groups excluding carboxylic acids is 3. The molecule has 4 rings (SSSR count). The van der Waals surface area contributed by atoms with E-state index in [0.29, 0.717) is 0 Å². The molecule has 4 aliphatic heterocycles. The molecule has 4 aliphatic rings. The van der Waals surface area contributed by atoms with Crippen LogP contribution in [0.2, 0.25) is 0 Å². The van der Waals surface area contributed by atoms with Gasteiger partial charge in [-0.2, -0.15) is 0 Å². The number of aliphatic hydroxyl groups excluding tert-OH is 2. The van der Waals surface area contributed by atoms with Gasteiger partial charge in [0.2, 0.25) is 0 Å².